The van der Waals surface area contributed by atoms with Crippen LogP contribution in [-0.4, -0.2) is 15.5 Å². The standard InChI is InChI=1S/C7H13IO2/c1-7(2,6(9)10)4-3-5-8/h3-5H2,1-2H3,(H,9,10). The lowest BCUT2D eigenvalue weighted by atomic mass is 9.88. The first-order valence-corrected chi connectivity index (χ1v) is 4.82. The molecule has 0 rings (SSSR count). The van der Waals surface area contributed by atoms with Crippen molar-refractivity contribution in [3.63, 3.8) is 0 Å². The van der Waals surface area contributed by atoms with Crippen LogP contribution in [-0.2, 0) is 4.79 Å². The Bertz CT molecular complexity index is 121. The lowest BCUT2D eigenvalue weighted by Gasteiger charge is -2.17. The third kappa shape index (κ3) is 3.39. The van der Waals surface area contributed by atoms with Gasteiger partial charge in [-0.1, -0.05) is 22.6 Å². The molecule has 0 aliphatic rings. The Morgan fingerprint density at radius 1 is 1.60 bits per heavy atom. The summed E-state index contributed by atoms with van der Waals surface area (Å²) >= 11 is 2.26. The van der Waals surface area contributed by atoms with Crippen molar-refractivity contribution in [1.82, 2.24) is 0 Å². The maximum Gasteiger partial charge on any atom is 0.309 e. The quantitative estimate of drug-likeness (QED) is 0.619. The molecule has 0 aliphatic heterocycles. The Morgan fingerprint density at radius 3 is 2.40 bits per heavy atom. The summed E-state index contributed by atoms with van der Waals surface area (Å²) in [4.78, 5) is 10.5. The Hall–Kier alpha value is 0.200. The average Bonchev–Trinajstić information content (AvgIpc) is 1.84. The zero-order chi connectivity index (χ0) is 8.20. The van der Waals surface area contributed by atoms with Crippen molar-refractivity contribution < 1.29 is 9.90 Å². The van der Waals surface area contributed by atoms with Crippen molar-refractivity contribution in [3.8, 4) is 0 Å². The van der Waals surface area contributed by atoms with Crippen molar-refractivity contribution in [3.05, 3.63) is 0 Å². The second kappa shape index (κ2) is 4.16. The van der Waals surface area contributed by atoms with Crippen LogP contribution in [0.5, 0.6) is 0 Å². The fraction of sp³-hybridized carbons (Fsp3) is 0.857. The predicted molar refractivity (Wildman–Crippen MR) is 49.5 cm³/mol. The number of hydrogen-bond acceptors (Lipinski definition) is 1. The largest absolute Gasteiger partial charge is 0.481 e. The van der Waals surface area contributed by atoms with E-state index >= 15 is 0 Å². The first-order valence-electron chi connectivity index (χ1n) is 3.30. The topological polar surface area (TPSA) is 37.3 Å². The van der Waals surface area contributed by atoms with Gasteiger partial charge in [-0.05, 0) is 31.1 Å². The molecule has 0 aromatic heterocycles. The molecule has 0 spiro atoms. The number of halogens is 1. The Balaban J connectivity index is 3.75. The number of rotatable bonds is 4. The zero-order valence-corrected chi connectivity index (χ0v) is 8.51. The van der Waals surface area contributed by atoms with Gasteiger partial charge in [0.25, 0.3) is 0 Å². The lowest BCUT2D eigenvalue weighted by molar-refractivity contribution is -0.147. The highest BCUT2D eigenvalue weighted by Gasteiger charge is 2.25. The number of alkyl halides is 1. The molecular formula is C7H13IO2. The Kier molecular flexibility index (Phi) is 4.24. The van der Waals surface area contributed by atoms with Gasteiger partial charge in [-0.15, -0.1) is 0 Å². The van der Waals surface area contributed by atoms with E-state index in [-0.39, 0.29) is 0 Å². The molecule has 0 radical (unpaired) electrons. The summed E-state index contributed by atoms with van der Waals surface area (Å²) < 4.78 is 1.04. The maximum atomic E-state index is 10.5. The van der Waals surface area contributed by atoms with Crippen LogP contribution in [0.1, 0.15) is 26.7 Å². The van der Waals surface area contributed by atoms with Gasteiger partial charge >= 0.3 is 5.97 Å². The first-order chi connectivity index (χ1) is 4.50. The monoisotopic (exact) mass is 256 g/mol. The second-order valence-electron chi connectivity index (χ2n) is 2.98. The van der Waals surface area contributed by atoms with E-state index in [1.54, 1.807) is 13.8 Å². The van der Waals surface area contributed by atoms with E-state index in [2.05, 4.69) is 22.6 Å². The molecule has 3 heteroatoms. The van der Waals surface area contributed by atoms with Crippen molar-refractivity contribution in [2.75, 3.05) is 4.43 Å². The van der Waals surface area contributed by atoms with Crippen LogP contribution < -0.4 is 0 Å². The molecule has 0 saturated carbocycles. The Morgan fingerprint density at radius 2 is 2.10 bits per heavy atom. The molecule has 0 unspecified atom stereocenters. The number of aliphatic carboxylic acids is 1. The molecule has 60 valence electrons. The molecule has 0 amide bonds. The van der Waals surface area contributed by atoms with Crippen LogP contribution in [0.15, 0.2) is 0 Å². The average molecular weight is 256 g/mol. The van der Waals surface area contributed by atoms with Gasteiger partial charge in [-0.25, -0.2) is 0 Å². The van der Waals surface area contributed by atoms with Crippen LogP contribution >= 0.6 is 22.6 Å². The van der Waals surface area contributed by atoms with Gasteiger partial charge in [0.2, 0.25) is 0 Å². The molecule has 0 aromatic carbocycles. The van der Waals surface area contributed by atoms with Crippen molar-refractivity contribution in [1.29, 1.82) is 0 Å². The van der Waals surface area contributed by atoms with E-state index in [1.165, 1.54) is 0 Å². The summed E-state index contributed by atoms with van der Waals surface area (Å²) in [6, 6.07) is 0. The SMILES string of the molecule is CC(C)(CCCI)C(=O)O. The third-order valence-corrected chi connectivity index (χ3v) is 2.28. The molecule has 2 nitrogen and oxygen atoms in total. The van der Waals surface area contributed by atoms with Gasteiger partial charge in [-0.3, -0.25) is 4.79 Å². The molecule has 0 aromatic rings. The highest BCUT2D eigenvalue weighted by molar-refractivity contribution is 14.1. The number of carboxylic acids is 1. The van der Waals surface area contributed by atoms with Gasteiger partial charge in [0.05, 0.1) is 5.41 Å². The summed E-state index contributed by atoms with van der Waals surface area (Å²) in [5, 5.41) is 8.67. The minimum Gasteiger partial charge on any atom is -0.481 e. The molecule has 10 heavy (non-hydrogen) atoms. The number of carbonyl (C=O) groups is 1. The van der Waals surface area contributed by atoms with Crippen LogP contribution in [0.3, 0.4) is 0 Å². The lowest BCUT2D eigenvalue weighted by Crippen LogP contribution is -2.23. The summed E-state index contributed by atoms with van der Waals surface area (Å²) in [5.74, 6) is -0.697. The van der Waals surface area contributed by atoms with E-state index in [0.717, 1.165) is 17.3 Å². The second-order valence-corrected chi connectivity index (χ2v) is 4.06. The Labute approximate surface area is 75.1 Å². The minimum absolute atomic E-state index is 0.537. The van der Waals surface area contributed by atoms with Gasteiger partial charge in [-0.2, -0.15) is 0 Å². The van der Waals surface area contributed by atoms with E-state index in [0.29, 0.717) is 0 Å². The summed E-state index contributed by atoms with van der Waals surface area (Å²) in [5.41, 5.74) is -0.537. The zero-order valence-electron chi connectivity index (χ0n) is 6.35. The van der Waals surface area contributed by atoms with Crippen molar-refractivity contribution in [2.24, 2.45) is 5.41 Å². The maximum absolute atomic E-state index is 10.5. The highest BCUT2D eigenvalue weighted by atomic mass is 127. The van der Waals surface area contributed by atoms with E-state index in [4.69, 9.17) is 5.11 Å². The van der Waals surface area contributed by atoms with Crippen molar-refractivity contribution >= 4 is 28.6 Å². The molecule has 0 aliphatic carbocycles. The van der Waals surface area contributed by atoms with Gasteiger partial charge < -0.3 is 5.11 Å². The van der Waals surface area contributed by atoms with Crippen LogP contribution in [0.25, 0.3) is 0 Å². The summed E-state index contributed by atoms with van der Waals surface area (Å²) in [6.07, 6.45) is 1.76. The third-order valence-electron chi connectivity index (χ3n) is 1.51. The highest BCUT2D eigenvalue weighted by Crippen LogP contribution is 2.22. The molecule has 1 N–H and O–H groups in total. The first kappa shape index (κ1) is 10.2. The minimum atomic E-state index is -0.697. The predicted octanol–water partition coefficient (Wildman–Crippen LogP) is 2.31. The number of carboxylic acid groups (broad SMARTS) is 1. The van der Waals surface area contributed by atoms with Gasteiger partial charge in [0.15, 0.2) is 0 Å². The molecule has 0 fully saturated rings. The molecule has 0 heterocycles. The molecular weight excluding hydrogens is 243 g/mol. The normalized spacial score (nSPS) is 11.5. The molecule has 0 atom stereocenters. The number of hydrogen-bond donors (Lipinski definition) is 1. The van der Waals surface area contributed by atoms with Gasteiger partial charge in [0, 0.05) is 0 Å². The van der Waals surface area contributed by atoms with Crippen LogP contribution in [0, 0.1) is 5.41 Å². The van der Waals surface area contributed by atoms with E-state index < -0.39 is 11.4 Å². The fourth-order valence-electron chi connectivity index (χ4n) is 0.616. The van der Waals surface area contributed by atoms with Gasteiger partial charge in [0.1, 0.15) is 0 Å². The van der Waals surface area contributed by atoms with Crippen LogP contribution in [0.2, 0.25) is 0 Å². The molecule has 0 bridgehead atoms. The summed E-state index contributed by atoms with van der Waals surface area (Å²) in [7, 11) is 0. The summed E-state index contributed by atoms with van der Waals surface area (Å²) in [6.45, 7) is 3.53. The van der Waals surface area contributed by atoms with Crippen molar-refractivity contribution in [2.45, 2.75) is 26.7 Å². The van der Waals surface area contributed by atoms with Crippen LogP contribution in [0.4, 0.5) is 0 Å². The van der Waals surface area contributed by atoms with E-state index in [1.807, 2.05) is 0 Å². The fourth-order valence-corrected chi connectivity index (χ4v) is 0.997. The van der Waals surface area contributed by atoms with E-state index in [9.17, 15) is 4.79 Å². The smallest absolute Gasteiger partial charge is 0.309 e. The molecule has 0 saturated heterocycles.